The summed E-state index contributed by atoms with van der Waals surface area (Å²) >= 11 is 0.722. The van der Waals surface area contributed by atoms with Gasteiger partial charge in [-0.15, -0.1) is 0 Å². The maximum Gasteiger partial charge on any atom is 0.410 e. The van der Waals surface area contributed by atoms with Crippen molar-refractivity contribution in [1.82, 2.24) is 19.9 Å². The number of halogens is 3. The lowest BCUT2D eigenvalue weighted by atomic mass is 10.6. The Kier molecular flexibility index (Phi) is 2.92. The third kappa shape index (κ3) is 2.87. The zero-order valence-corrected chi connectivity index (χ0v) is 8.89. The second-order valence-corrected chi connectivity index (χ2v) is 3.83. The summed E-state index contributed by atoms with van der Waals surface area (Å²) < 4.78 is 35.5. The molecular formula is C8H5F3N4OS. The van der Waals surface area contributed by atoms with E-state index in [1.54, 1.807) is 0 Å². The van der Waals surface area contributed by atoms with E-state index in [0.29, 0.717) is 0 Å². The van der Waals surface area contributed by atoms with E-state index < -0.39 is 11.7 Å². The summed E-state index contributed by atoms with van der Waals surface area (Å²) in [5.74, 6) is 0. The molecule has 17 heavy (non-hydrogen) atoms. The molecule has 90 valence electrons. The summed E-state index contributed by atoms with van der Waals surface area (Å²) in [4.78, 5) is 23.8. The first-order valence-corrected chi connectivity index (χ1v) is 5.18. The van der Waals surface area contributed by atoms with Crippen LogP contribution >= 0.6 is 11.8 Å². The molecule has 0 fully saturated rings. The first-order chi connectivity index (χ1) is 7.96. The summed E-state index contributed by atoms with van der Waals surface area (Å²) in [5, 5.41) is 1.01. The van der Waals surface area contributed by atoms with Gasteiger partial charge in [0.2, 0.25) is 0 Å². The average molecular weight is 262 g/mol. The molecule has 2 N–H and O–H groups in total. The highest BCUT2D eigenvalue weighted by molar-refractivity contribution is 8.02. The predicted molar refractivity (Wildman–Crippen MR) is 55.6 cm³/mol. The van der Waals surface area contributed by atoms with E-state index in [-0.39, 0.29) is 22.4 Å². The fraction of sp³-hybridized carbons (Fsp3) is 0.125. The van der Waals surface area contributed by atoms with Gasteiger partial charge >= 0.3 is 6.18 Å². The number of nitrogens with one attached hydrogen (secondary N) is 2. The van der Waals surface area contributed by atoms with Gasteiger partial charge in [-0.25, -0.2) is 9.97 Å². The zero-order chi connectivity index (χ0) is 12.5. The number of fused-ring (bicyclic) bond motifs is 1. The second-order valence-electron chi connectivity index (χ2n) is 2.93. The van der Waals surface area contributed by atoms with Gasteiger partial charge in [0, 0.05) is 6.08 Å². The van der Waals surface area contributed by atoms with Crippen LogP contribution in [0.25, 0.3) is 11.2 Å². The van der Waals surface area contributed by atoms with Crippen LogP contribution in [0.1, 0.15) is 0 Å². The molecule has 2 heterocycles. The Labute approximate surface area is 96.2 Å². The van der Waals surface area contributed by atoms with Gasteiger partial charge in [-0.2, -0.15) is 13.2 Å². The second kappa shape index (κ2) is 4.24. The van der Waals surface area contributed by atoms with Gasteiger partial charge in [0.15, 0.2) is 16.3 Å². The number of hydrogen-bond donors (Lipinski definition) is 2. The van der Waals surface area contributed by atoms with Crippen molar-refractivity contribution in [2.75, 3.05) is 0 Å². The molecule has 0 radical (unpaired) electrons. The molecule has 0 amide bonds. The van der Waals surface area contributed by atoms with E-state index in [0.717, 1.165) is 17.2 Å². The summed E-state index contributed by atoms with van der Waals surface area (Å²) in [6.07, 6.45) is -3.11. The predicted octanol–water partition coefficient (Wildman–Crippen LogP) is 1.81. The molecule has 2 aromatic heterocycles. The van der Waals surface area contributed by atoms with Gasteiger partial charge in [0.05, 0.1) is 6.33 Å². The highest BCUT2D eigenvalue weighted by Gasteiger charge is 2.21. The highest BCUT2D eigenvalue weighted by Crippen LogP contribution is 2.22. The largest absolute Gasteiger partial charge is 0.410 e. The van der Waals surface area contributed by atoms with Gasteiger partial charge < -0.3 is 9.97 Å². The molecule has 0 atom stereocenters. The SMILES string of the molecule is O=c1[nH]cnc2nc(S/C=C/C(F)(F)F)[nH]c12. The minimum atomic E-state index is -4.37. The van der Waals surface area contributed by atoms with Crippen LogP contribution in [-0.4, -0.2) is 26.1 Å². The third-order valence-corrected chi connectivity index (χ3v) is 2.40. The fourth-order valence-corrected chi connectivity index (χ4v) is 1.70. The number of rotatable bonds is 2. The quantitative estimate of drug-likeness (QED) is 0.809. The van der Waals surface area contributed by atoms with E-state index in [2.05, 4.69) is 19.9 Å². The van der Waals surface area contributed by atoms with Crippen molar-refractivity contribution in [3.8, 4) is 0 Å². The number of nitrogens with zero attached hydrogens (tertiary/aromatic N) is 2. The summed E-state index contributed by atoms with van der Waals surface area (Å²) in [6, 6.07) is 0. The molecule has 0 aliphatic carbocycles. The third-order valence-electron chi connectivity index (χ3n) is 1.71. The topological polar surface area (TPSA) is 74.4 Å². The minimum Gasteiger partial charge on any atom is -0.327 e. The Morgan fingerprint density at radius 2 is 2.18 bits per heavy atom. The van der Waals surface area contributed by atoms with Crippen LogP contribution in [0, 0.1) is 0 Å². The molecule has 0 unspecified atom stereocenters. The number of thioether (sulfide) groups is 1. The maximum atomic E-state index is 11.8. The Morgan fingerprint density at radius 3 is 2.82 bits per heavy atom. The first-order valence-electron chi connectivity index (χ1n) is 4.30. The molecule has 2 rings (SSSR count). The van der Waals surface area contributed by atoms with Crippen molar-refractivity contribution in [2.45, 2.75) is 11.3 Å². The van der Waals surface area contributed by atoms with E-state index >= 15 is 0 Å². The number of alkyl halides is 3. The van der Waals surface area contributed by atoms with Crippen LogP contribution in [-0.2, 0) is 0 Å². The number of aromatic amines is 2. The number of hydrogen-bond acceptors (Lipinski definition) is 4. The molecule has 9 heteroatoms. The van der Waals surface area contributed by atoms with Gasteiger partial charge in [-0.1, -0.05) is 11.8 Å². The van der Waals surface area contributed by atoms with Crippen molar-refractivity contribution in [3.05, 3.63) is 28.2 Å². The monoisotopic (exact) mass is 262 g/mol. The highest BCUT2D eigenvalue weighted by atomic mass is 32.2. The number of aromatic nitrogens is 4. The normalized spacial score (nSPS) is 12.6. The van der Waals surface area contributed by atoms with Gasteiger partial charge in [-0.05, 0) is 5.41 Å². The first kappa shape index (κ1) is 11.7. The lowest BCUT2D eigenvalue weighted by Gasteiger charge is -1.95. The van der Waals surface area contributed by atoms with E-state index in [1.807, 2.05) is 0 Å². The van der Waals surface area contributed by atoms with Gasteiger partial charge in [0.1, 0.15) is 0 Å². The molecular weight excluding hydrogens is 257 g/mol. The fourth-order valence-electron chi connectivity index (χ4n) is 1.05. The van der Waals surface area contributed by atoms with E-state index in [4.69, 9.17) is 0 Å². The lowest BCUT2D eigenvalue weighted by Crippen LogP contribution is -2.05. The smallest absolute Gasteiger partial charge is 0.327 e. The summed E-state index contributed by atoms with van der Waals surface area (Å²) in [7, 11) is 0. The Bertz CT molecular complexity index is 615. The Morgan fingerprint density at radius 1 is 1.41 bits per heavy atom. The molecule has 2 aromatic rings. The molecule has 0 aliphatic rings. The summed E-state index contributed by atoms with van der Waals surface area (Å²) in [5.41, 5.74) is -0.124. The molecule has 0 saturated carbocycles. The number of imidazole rings is 1. The van der Waals surface area contributed by atoms with Gasteiger partial charge in [-0.3, -0.25) is 4.79 Å². The van der Waals surface area contributed by atoms with Gasteiger partial charge in [0.25, 0.3) is 5.56 Å². The Balaban J connectivity index is 2.24. The molecule has 0 spiro atoms. The minimum absolute atomic E-state index is 0.0858. The van der Waals surface area contributed by atoms with Crippen LogP contribution in [0.5, 0.6) is 0 Å². The molecule has 5 nitrogen and oxygen atoms in total. The van der Waals surface area contributed by atoms with Crippen molar-refractivity contribution in [1.29, 1.82) is 0 Å². The zero-order valence-electron chi connectivity index (χ0n) is 8.08. The van der Waals surface area contributed by atoms with E-state index in [1.165, 1.54) is 6.33 Å². The molecule has 0 saturated heterocycles. The van der Waals surface area contributed by atoms with Crippen LogP contribution in [0.4, 0.5) is 13.2 Å². The lowest BCUT2D eigenvalue weighted by molar-refractivity contribution is -0.0796. The van der Waals surface area contributed by atoms with Crippen molar-refractivity contribution in [3.63, 3.8) is 0 Å². The van der Waals surface area contributed by atoms with Crippen molar-refractivity contribution in [2.24, 2.45) is 0 Å². The molecule has 0 aliphatic heterocycles. The van der Waals surface area contributed by atoms with Crippen LogP contribution < -0.4 is 5.56 Å². The Hall–Kier alpha value is -1.77. The van der Waals surface area contributed by atoms with Crippen molar-refractivity contribution < 1.29 is 13.2 Å². The average Bonchev–Trinajstić information content (AvgIpc) is 2.60. The van der Waals surface area contributed by atoms with Crippen LogP contribution in [0.15, 0.2) is 27.8 Å². The van der Waals surface area contributed by atoms with Crippen LogP contribution in [0.3, 0.4) is 0 Å². The standard InChI is InChI=1S/C8H5F3N4OS/c9-8(10,11)1-2-17-7-14-4-5(15-7)12-3-13-6(4)16/h1-3H,(H2,12,13,14,15,16)/b2-1+. The van der Waals surface area contributed by atoms with E-state index in [9.17, 15) is 18.0 Å². The number of allylic oxidation sites excluding steroid dienone is 1. The van der Waals surface area contributed by atoms with Crippen molar-refractivity contribution >= 4 is 22.9 Å². The molecule has 0 aromatic carbocycles. The van der Waals surface area contributed by atoms with Crippen LogP contribution in [0.2, 0.25) is 0 Å². The summed E-state index contributed by atoms with van der Waals surface area (Å²) in [6.45, 7) is 0. The molecule has 0 bridgehead atoms. The number of H-pyrrole nitrogens is 2. The maximum absolute atomic E-state index is 11.8.